The van der Waals surface area contributed by atoms with E-state index in [0.717, 1.165) is 31.6 Å². The number of rotatable bonds is 12. The summed E-state index contributed by atoms with van der Waals surface area (Å²) < 4.78 is 6.02. The second kappa shape index (κ2) is 11.8. The maximum Gasteiger partial charge on any atom is 0.119 e. The van der Waals surface area contributed by atoms with Crippen LogP contribution in [0.3, 0.4) is 0 Å². The standard InChI is InChI=1S/C34H55NO2/c1-12-24(2)23-37-28-19-15-26(16-20-28)30(34(10,11)35)22-32(6,7)33(8,9)29(21-31(3,4)5)25-13-17-27(36)18-14-25/h13-20,24,29-30,36H,12,21-23,35H2,1-11H3. The molecule has 0 aliphatic carbocycles. The van der Waals surface area contributed by atoms with Crippen molar-refractivity contribution in [2.24, 2.45) is 27.9 Å². The molecule has 37 heavy (non-hydrogen) atoms. The van der Waals surface area contributed by atoms with Gasteiger partial charge in [0.2, 0.25) is 0 Å². The summed E-state index contributed by atoms with van der Waals surface area (Å²) in [6, 6.07) is 16.5. The third kappa shape index (κ3) is 8.50. The van der Waals surface area contributed by atoms with E-state index in [1.165, 1.54) is 11.1 Å². The van der Waals surface area contributed by atoms with Gasteiger partial charge in [0, 0.05) is 11.5 Å². The first-order valence-electron chi connectivity index (χ1n) is 14.2. The van der Waals surface area contributed by atoms with Gasteiger partial charge in [-0.1, -0.05) is 93.0 Å². The van der Waals surface area contributed by atoms with Gasteiger partial charge in [0.25, 0.3) is 0 Å². The molecule has 3 N–H and O–H groups in total. The summed E-state index contributed by atoms with van der Waals surface area (Å²) in [5.41, 5.74) is 9.18. The number of nitrogens with two attached hydrogens (primary N) is 1. The quantitative estimate of drug-likeness (QED) is 0.300. The van der Waals surface area contributed by atoms with E-state index in [2.05, 4.69) is 113 Å². The van der Waals surface area contributed by atoms with E-state index in [9.17, 15) is 5.11 Å². The fourth-order valence-electron chi connectivity index (χ4n) is 5.32. The normalized spacial score (nSPS) is 15.8. The number of phenols is 1. The lowest BCUT2D eigenvalue weighted by Crippen LogP contribution is -2.46. The second-order valence-corrected chi connectivity index (χ2v) is 14.5. The second-order valence-electron chi connectivity index (χ2n) is 14.5. The number of hydrogen-bond acceptors (Lipinski definition) is 3. The molecule has 0 fully saturated rings. The molecule has 0 aliphatic heterocycles. The first-order valence-corrected chi connectivity index (χ1v) is 14.2. The van der Waals surface area contributed by atoms with Crippen molar-refractivity contribution in [1.82, 2.24) is 0 Å². The average Bonchev–Trinajstić information content (AvgIpc) is 2.79. The molecule has 0 radical (unpaired) electrons. The van der Waals surface area contributed by atoms with E-state index in [1.54, 1.807) is 0 Å². The van der Waals surface area contributed by atoms with E-state index in [4.69, 9.17) is 10.5 Å². The molecule has 208 valence electrons. The van der Waals surface area contributed by atoms with Gasteiger partial charge in [-0.05, 0) is 90.2 Å². The van der Waals surface area contributed by atoms with Crippen molar-refractivity contribution in [3.05, 3.63) is 59.7 Å². The molecule has 0 heterocycles. The zero-order valence-electron chi connectivity index (χ0n) is 25.6. The monoisotopic (exact) mass is 509 g/mol. The number of ether oxygens (including phenoxy) is 1. The molecule has 0 amide bonds. The molecule has 0 aromatic heterocycles. The molecular formula is C34H55NO2. The lowest BCUT2D eigenvalue weighted by atomic mass is 9.53. The van der Waals surface area contributed by atoms with Crippen molar-refractivity contribution in [3.8, 4) is 11.5 Å². The van der Waals surface area contributed by atoms with E-state index in [0.29, 0.717) is 17.6 Å². The predicted octanol–water partition coefficient (Wildman–Crippen LogP) is 9.30. The van der Waals surface area contributed by atoms with E-state index in [-0.39, 0.29) is 27.7 Å². The predicted molar refractivity (Wildman–Crippen MR) is 159 cm³/mol. The zero-order valence-corrected chi connectivity index (χ0v) is 25.6. The third-order valence-corrected chi connectivity index (χ3v) is 8.85. The summed E-state index contributed by atoms with van der Waals surface area (Å²) in [5, 5.41) is 9.94. The molecule has 3 unspecified atom stereocenters. The minimum Gasteiger partial charge on any atom is -0.508 e. The van der Waals surface area contributed by atoms with Crippen LogP contribution < -0.4 is 10.5 Å². The summed E-state index contributed by atoms with van der Waals surface area (Å²) in [4.78, 5) is 0. The van der Waals surface area contributed by atoms with Gasteiger partial charge in [-0.3, -0.25) is 0 Å². The number of aromatic hydroxyl groups is 1. The molecule has 3 nitrogen and oxygen atoms in total. The molecule has 0 saturated heterocycles. The Morgan fingerprint density at radius 3 is 1.70 bits per heavy atom. The number of hydrogen-bond donors (Lipinski definition) is 2. The van der Waals surface area contributed by atoms with Crippen LogP contribution in [0.1, 0.15) is 118 Å². The van der Waals surface area contributed by atoms with Crippen LogP contribution in [-0.4, -0.2) is 17.3 Å². The first-order chi connectivity index (χ1) is 16.9. The van der Waals surface area contributed by atoms with Crippen LogP contribution in [0.15, 0.2) is 48.5 Å². The van der Waals surface area contributed by atoms with Crippen LogP contribution in [-0.2, 0) is 0 Å². The highest BCUT2D eigenvalue weighted by atomic mass is 16.5. The van der Waals surface area contributed by atoms with Crippen LogP contribution in [0.4, 0.5) is 0 Å². The molecule has 3 atom stereocenters. The van der Waals surface area contributed by atoms with Crippen LogP contribution in [0.25, 0.3) is 0 Å². The van der Waals surface area contributed by atoms with Gasteiger partial charge in [0.05, 0.1) is 6.61 Å². The van der Waals surface area contributed by atoms with E-state index >= 15 is 0 Å². The summed E-state index contributed by atoms with van der Waals surface area (Å²) in [7, 11) is 0. The fraction of sp³-hybridized carbons (Fsp3) is 0.647. The van der Waals surface area contributed by atoms with Crippen molar-refractivity contribution < 1.29 is 9.84 Å². The van der Waals surface area contributed by atoms with Gasteiger partial charge in [-0.15, -0.1) is 0 Å². The van der Waals surface area contributed by atoms with Gasteiger partial charge >= 0.3 is 0 Å². The van der Waals surface area contributed by atoms with Crippen LogP contribution in [0.2, 0.25) is 0 Å². The zero-order chi connectivity index (χ0) is 28.2. The van der Waals surface area contributed by atoms with Crippen molar-refractivity contribution in [1.29, 1.82) is 0 Å². The lowest BCUT2D eigenvalue weighted by molar-refractivity contribution is 0.0358. The maximum absolute atomic E-state index is 9.94. The number of phenolic OH excluding ortho intramolecular Hbond substituents is 1. The fourth-order valence-corrected chi connectivity index (χ4v) is 5.32. The average molecular weight is 510 g/mol. The van der Waals surface area contributed by atoms with Gasteiger partial charge in [0.1, 0.15) is 11.5 Å². The molecule has 0 spiro atoms. The van der Waals surface area contributed by atoms with Gasteiger partial charge < -0.3 is 15.6 Å². The Kier molecular flexibility index (Phi) is 9.96. The Morgan fingerprint density at radius 1 is 0.757 bits per heavy atom. The maximum atomic E-state index is 9.94. The summed E-state index contributed by atoms with van der Waals surface area (Å²) >= 11 is 0. The highest BCUT2D eigenvalue weighted by Gasteiger charge is 2.47. The van der Waals surface area contributed by atoms with Crippen LogP contribution in [0.5, 0.6) is 11.5 Å². The number of benzene rings is 2. The molecule has 2 aromatic carbocycles. The summed E-state index contributed by atoms with van der Waals surface area (Å²) in [5.74, 6) is 2.32. The van der Waals surface area contributed by atoms with Crippen molar-refractivity contribution >= 4 is 0 Å². The molecule has 3 heteroatoms. The van der Waals surface area contributed by atoms with Gasteiger partial charge in [-0.2, -0.15) is 0 Å². The van der Waals surface area contributed by atoms with Crippen molar-refractivity contribution in [3.63, 3.8) is 0 Å². The molecule has 0 saturated carbocycles. The Morgan fingerprint density at radius 2 is 1.24 bits per heavy atom. The minimum absolute atomic E-state index is 0.0200. The molecular weight excluding hydrogens is 454 g/mol. The van der Waals surface area contributed by atoms with Gasteiger partial charge in [-0.25, -0.2) is 0 Å². The van der Waals surface area contributed by atoms with E-state index < -0.39 is 0 Å². The smallest absolute Gasteiger partial charge is 0.119 e. The largest absolute Gasteiger partial charge is 0.508 e. The Bertz CT molecular complexity index is 959. The minimum atomic E-state index is -0.371. The summed E-state index contributed by atoms with van der Waals surface area (Å²) in [6.07, 6.45) is 3.15. The SMILES string of the molecule is CCC(C)COc1ccc(C(CC(C)(C)C(C)(C)C(CC(C)(C)C)c2ccc(O)cc2)C(C)(C)N)cc1. The topological polar surface area (TPSA) is 55.5 Å². The highest BCUT2D eigenvalue weighted by molar-refractivity contribution is 5.33. The molecule has 0 aliphatic rings. The Labute approximate surface area is 228 Å². The first kappa shape index (κ1) is 31.2. The highest BCUT2D eigenvalue weighted by Crippen LogP contribution is 2.56. The van der Waals surface area contributed by atoms with Crippen molar-refractivity contribution in [2.45, 2.75) is 113 Å². The summed E-state index contributed by atoms with van der Waals surface area (Å²) in [6.45, 7) is 26.1. The van der Waals surface area contributed by atoms with Crippen LogP contribution in [0, 0.1) is 22.2 Å². The Hall–Kier alpha value is -2.00. The lowest BCUT2D eigenvalue weighted by Gasteiger charge is -2.51. The van der Waals surface area contributed by atoms with Crippen LogP contribution >= 0.6 is 0 Å². The van der Waals surface area contributed by atoms with E-state index in [1.807, 2.05) is 12.1 Å². The third-order valence-electron chi connectivity index (χ3n) is 8.85. The molecule has 2 rings (SSSR count). The molecule has 0 bridgehead atoms. The van der Waals surface area contributed by atoms with Gasteiger partial charge in [0.15, 0.2) is 0 Å². The molecule has 2 aromatic rings. The Balaban J connectivity index is 2.40. The van der Waals surface area contributed by atoms with Crippen molar-refractivity contribution in [2.75, 3.05) is 6.61 Å².